The Kier molecular flexibility index (Phi) is 5.99. The first-order valence-corrected chi connectivity index (χ1v) is 6.62. The van der Waals surface area contributed by atoms with Gasteiger partial charge in [0.2, 0.25) is 0 Å². The number of methoxy groups -OCH3 is 1. The van der Waals surface area contributed by atoms with Gasteiger partial charge in [0, 0.05) is 19.3 Å². The average Bonchev–Trinajstić information content (AvgIpc) is 2.37. The lowest BCUT2D eigenvalue weighted by molar-refractivity contribution is 0.411. The normalized spacial score (nSPS) is 12.3. The zero-order valence-corrected chi connectivity index (χ0v) is 12.3. The molecule has 0 aliphatic carbocycles. The van der Waals surface area contributed by atoms with Crippen molar-refractivity contribution >= 4 is 5.69 Å². The van der Waals surface area contributed by atoms with Crippen LogP contribution in [0, 0.1) is 12.8 Å². The van der Waals surface area contributed by atoms with E-state index >= 15 is 0 Å². The number of nitrogens with one attached hydrogen (secondary N) is 1. The molecular weight excluding hydrogens is 224 g/mol. The minimum atomic E-state index is 0.683. The molecular formula is C15H26N2O. The summed E-state index contributed by atoms with van der Waals surface area (Å²) in [4.78, 5) is 2.32. The van der Waals surface area contributed by atoms with Crippen LogP contribution < -0.4 is 15.0 Å². The molecule has 0 fully saturated rings. The summed E-state index contributed by atoms with van der Waals surface area (Å²) in [5.74, 6) is 1.64. The molecule has 0 saturated heterocycles. The van der Waals surface area contributed by atoms with Crippen LogP contribution in [0.15, 0.2) is 18.2 Å². The zero-order chi connectivity index (χ0) is 13.5. The highest BCUT2D eigenvalue weighted by Gasteiger charge is 2.10. The van der Waals surface area contributed by atoms with Gasteiger partial charge < -0.3 is 15.0 Å². The summed E-state index contributed by atoms with van der Waals surface area (Å²) in [5.41, 5.74) is 2.44. The highest BCUT2D eigenvalue weighted by atomic mass is 16.5. The highest BCUT2D eigenvalue weighted by Crippen LogP contribution is 2.24. The van der Waals surface area contributed by atoms with Crippen molar-refractivity contribution in [3.63, 3.8) is 0 Å². The van der Waals surface area contributed by atoms with Crippen molar-refractivity contribution in [2.24, 2.45) is 5.92 Å². The predicted molar refractivity (Wildman–Crippen MR) is 78.7 cm³/mol. The molecule has 1 N–H and O–H groups in total. The molecule has 0 spiro atoms. The van der Waals surface area contributed by atoms with Gasteiger partial charge in [0.05, 0.1) is 7.11 Å². The Balaban J connectivity index is 2.71. The van der Waals surface area contributed by atoms with E-state index in [0.717, 1.165) is 18.8 Å². The third-order valence-corrected chi connectivity index (χ3v) is 3.42. The maximum atomic E-state index is 5.29. The Bertz CT molecular complexity index is 366. The fraction of sp³-hybridized carbons (Fsp3) is 0.600. The van der Waals surface area contributed by atoms with Gasteiger partial charge in [0.1, 0.15) is 5.75 Å². The molecule has 0 aliphatic rings. The molecule has 0 bridgehead atoms. The predicted octanol–water partition coefficient (Wildman–Crippen LogP) is 2.69. The van der Waals surface area contributed by atoms with E-state index in [0.29, 0.717) is 5.92 Å². The number of anilines is 1. The molecule has 0 saturated carbocycles. The Labute approximate surface area is 111 Å². The van der Waals surface area contributed by atoms with Crippen molar-refractivity contribution in [2.75, 3.05) is 39.2 Å². The summed E-state index contributed by atoms with van der Waals surface area (Å²) >= 11 is 0. The first-order valence-electron chi connectivity index (χ1n) is 6.62. The molecule has 1 rings (SSSR count). The van der Waals surface area contributed by atoms with Gasteiger partial charge >= 0.3 is 0 Å². The molecule has 102 valence electrons. The first-order chi connectivity index (χ1) is 8.62. The number of aryl methyl sites for hydroxylation is 1. The van der Waals surface area contributed by atoms with Crippen molar-refractivity contribution in [3.8, 4) is 5.75 Å². The molecule has 3 heteroatoms. The molecule has 0 amide bonds. The van der Waals surface area contributed by atoms with E-state index in [1.165, 1.54) is 17.7 Å². The van der Waals surface area contributed by atoms with Crippen LogP contribution in [0.25, 0.3) is 0 Å². The summed E-state index contributed by atoms with van der Waals surface area (Å²) in [6.45, 7) is 6.47. The summed E-state index contributed by atoms with van der Waals surface area (Å²) in [7, 11) is 5.88. The van der Waals surface area contributed by atoms with E-state index in [1.54, 1.807) is 7.11 Å². The summed E-state index contributed by atoms with van der Waals surface area (Å²) < 4.78 is 5.29. The van der Waals surface area contributed by atoms with Gasteiger partial charge in [-0.1, -0.05) is 13.3 Å². The van der Waals surface area contributed by atoms with Gasteiger partial charge in [-0.2, -0.15) is 0 Å². The Morgan fingerprint density at radius 2 is 2.11 bits per heavy atom. The van der Waals surface area contributed by atoms with Crippen molar-refractivity contribution in [1.82, 2.24) is 5.32 Å². The average molecular weight is 250 g/mol. The molecule has 1 aromatic carbocycles. The molecule has 1 atom stereocenters. The molecule has 0 aromatic heterocycles. The Morgan fingerprint density at radius 1 is 1.39 bits per heavy atom. The van der Waals surface area contributed by atoms with E-state index in [-0.39, 0.29) is 0 Å². The van der Waals surface area contributed by atoms with E-state index in [1.807, 2.05) is 13.1 Å². The third kappa shape index (κ3) is 3.91. The van der Waals surface area contributed by atoms with Crippen LogP contribution in [0.3, 0.4) is 0 Å². The first kappa shape index (κ1) is 14.8. The maximum absolute atomic E-state index is 5.29. The van der Waals surface area contributed by atoms with Crippen molar-refractivity contribution in [1.29, 1.82) is 0 Å². The lowest BCUT2D eigenvalue weighted by Gasteiger charge is -2.25. The van der Waals surface area contributed by atoms with Gasteiger partial charge in [-0.15, -0.1) is 0 Å². The molecule has 1 unspecified atom stereocenters. The number of benzene rings is 1. The number of hydrogen-bond donors (Lipinski definition) is 1. The van der Waals surface area contributed by atoms with E-state index < -0.39 is 0 Å². The molecule has 0 heterocycles. The van der Waals surface area contributed by atoms with Gasteiger partial charge in [0.25, 0.3) is 0 Å². The minimum Gasteiger partial charge on any atom is -0.496 e. The molecule has 18 heavy (non-hydrogen) atoms. The van der Waals surface area contributed by atoms with Gasteiger partial charge in [-0.3, -0.25) is 0 Å². The quantitative estimate of drug-likeness (QED) is 0.805. The summed E-state index contributed by atoms with van der Waals surface area (Å²) in [5, 5.41) is 3.26. The van der Waals surface area contributed by atoms with Crippen LogP contribution in [0.5, 0.6) is 5.75 Å². The lowest BCUT2D eigenvalue weighted by Crippen LogP contribution is -2.31. The van der Waals surface area contributed by atoms with Crippen LogP contribution in [0.4, 0.5) is 5.69 Å². The standard InChI is InChI=1S/C15H26N2O/c1-6-13(10-16-3)11-17(4)14-7-8-15(18-5)12(2)9-14/h7-9,13,16H,6,10-11H2,1-5H3. The van der Waals surface area contributed by atoms with Crippen molar-refractivity contribution in [3.05, 3.63) is 23.8 Å². The van der Waals surface area contributed by atoms with Gasteiger partial charge in [-0.25, -0.2) is 0 Å². The van der Waals surface area contributed by atoms with Gasteiger partial charge in [0.15, 0.2) is 0 Å². The summed E-state index contributed by atoms with van der Waals surface area (Å²) in [6.07, 6.45) is 1.19. The number of ether oxygens (including phenoxy) is 1. The van der Waals surface area contributed by atoms with E-state index in [4.69, 9.17) is 4.74 Å². The second-order valence-electron chi connectivity index (χ2n) is 4.87. The monoisotopic (exact) mass is 250 g/mol. The van der Waals surface area contributed by atoms with E-state index in [2.05, 4.69) is 43.2 Å². The molecule has 1 aromatic rings. The molecule has 0 aliphatic heterocycles. The number of rotatable bonds is 7. The van der Waals surface area contributed by atoms with Crippen LogP contribution in [-0.4, -0.2) is 34.3 Å². The SMILES string of the molecule is CCC(CNC)CN(C)c1ccc(OC)c(C)c1. The molecule has 0 radical (unpaired) electrons. The summed E-state index contributed by atoms with van der Waals surface area (Å²) in [6, 6.07) is 6.35. The Morgan fingerprint density at radius 3 is 2.61 bits per heavy atom. The van der Waals surface area contributed by atoms with Crippen LogP contribution in [-0.2, 0) is 0 Å². The lowest BCUT2D eigenvalue weighted by atomic mass is 10.1. The second kappa shape index (κ2) is 7.27. The highest BCUT2D eigenvalue weighted by molar-refractivity contribution is 5.52. The Hall–Kier alpha value is -1.22. The van der Waals surface area contributed by atoms with Crippen LogP contribution in [0.1, 0.15) is 18.9 Å². The van der Waals surface area contributed by atoms with E-state index in [9.17, 15) is 0 Å². The van der Waals surface area contributed by atoms with Crippen molar-refractivity contribution in [2.45, 2.75) is 20.3 Å². The fourth-order valence-electron chi connectivity index (χ4n) is 2.22. The fourth-order valence-corrected chi connectivity index (χ4v) is 2.22. The largest absolute Gasteiger partial charge is 0.496 e. The number of nitrogens with zero attached hydrogens (tertiary/aromatic N) is 1. The second-order valence-corrected chi connectivity index (χ2v) is 4.87. The number of hydrogen-bond acceptors (Lipinski definition) is 3. The zero-order valence-electron chi connectivity index (χ0n) is 12.3. The third-order valence-electron chi connectivity index (χ3n) is 3.42. The van der Waals surface area contributed by atoms with Crippen LogP contribution >= 0.6 is 0 Å². The van der Waals surface area contributed by atoms with Crippen LogP contribution in [0.2, 0.25) is 0 Å². The van der Waals surface area contributed by atoms with Gasteiger partial charge in [-0.05, 0) is 50.2 Å². The topological polar surface area (TPSA) is 24.5 Å². The minimum absolute atomic E-state index is 0.683. The molecule has 3 nitrogen and oxygen atoms in total. The smallest absolute Gasteiger partial charge is 0.121 e. The maximum Gasteiger partial charge on any atom is 0.121 e. The van der Waals surface area contributed by atoms with Crippen molar-refractivity contribution < 1.29 is 4.74 Å².